The molecule has 3 rings (SSSR count). The lowest BCUT2D eigenvalue weighted by atomic mass is 10.2. The number of aromatic nitrogens is 2. The van der Waals surface area contributed by atoms with Crippen LogP contribution < -0.4 is 10.6 Å². The molecule has 1 aromatic heterocycles. The van der Waals surface area contributed by atoms with Crippen molar-refractivity contribution in [2.45, 2.75) is 6.92 Å². The molecule has 0 bridgehead atoms. The normalized spacial score (nSPS) is 10.7. The largest absolute Gasteiger partial charge is 0.383 e. The van der Waals surface area contributed by atoms with Crippen LogP contribution in [0.2, 0.25) is 0 Å². The number of nitrogens with one attached hydrogen (secondary N) is 2. The number of hydrogen-bond acceptors (Lipinski definition) is 7. The van der Waals surface area contributed by atoms with Crippen molar-refractivity contribution in [2.75, 3.05) is 17.2 Å². The molecule has 0 amide bonds. The van der Waals surface area contributed by atoms with Crippen LogP contribution in [0.1, 0.15) is 6.92 Å². The molecule has 118 valence electrons. The second-order valence-electron chi connectivity index (χ2n) is 4.67. The molecule has 0 aliphatic carbocycles. The number of anilines is 3. The molecule has 0 radical (unpaired) electrons. The van der Waals surface area contributed by atoms with Gasteiger partial charge in [0.1, 0.15) is 5.69 Å². The van der Waals surface area contributed by atoms with Gasteiger partial charge in [-0.2, -0.15) is 0 Å². The second-order valence-corrected chi connectivity index (χ2v) is 5.84. The Kier molecular flexibility index (Phi) is 4.28. The third-order valence-corrected chi connectivity index (χ3v) is 4.15. The molecule has 0 unspecified atom stereocenters. The molecule has 0 fully saturated rings. The average Bonchev–Trinajstić information content (AvgIpc) is 2.99. The number of halogens is 1. The van der Waals surface area contributed by atoms with Crippen LogP contribution in [0.25, 0.3) is 11.0 Å². The van der Waals surface area contributed by atoms with Crippen LogP contribution in [-0.4, -0.2) is 21.8 Å². The highest BCUT2D eigenvalue weighted by molar-refractivity contribution is 14.1. The molecule has 0 atom stereocenters. The zero-order chi connectivity index (χ0) is 16.4. The lowest BCUT2D eigenvalue weighted by Crippen LogP contribution is -2.03. The van der Waals surface area contributed by atoms with E-state index in [1.165, 1.54) is 0 Å². The van der Waals surface area contributed by atoms with Gasteiger partial charge in [-0.1, -0.05) is 12.1 Å². The van der Waals surface area contributed by atoms with E-state index in [0.717, 1.165) is 9.26 Å². The Labute approximate surface area is 144 Å². The molecule has 9 heteroatoms. The van der Waals surface area contributed by atoms with E-state index in [1.807, 2.05) is 31.2 Å². The number of fused-ring (bicyclic) bond motifs is 1. The van der Waals surface area contributed by atoms with Crippen LogP contribution in [0.5, 0.6) is 0 Å². The number of nitrogens with zero attached hydrogens (tertiary/aromatic N) is 3. The summed E-state index contributed by atoms with van der Waals surface area (Å²) in [5.41, 5.74) is 2.02. The fraction of sp³-hybridized carbons (Fsp3) is 0.143. The molecule has 3 aromatic rings. The Balaban J connectivity index is 2.19. The van der Waals surface area contributed by atoms with Crippen LogP contribution in [0.4, 0.5) is 22.7 Å². The summed E-state index contributed by atoms with van der Waals surface area (Å²) in [6, 6.07) is 9.17. The first-order valence-corrected chi connectivity index (χ1v) is 7.88. The Morgan fingerprint density at radius 2 is 1.96 bits per heavy atom. The predicted molar refractivity (Wildman–Crippen MR) is 95.1 cm³/mol. The summed E-state index contributed by atoms with van der Waals surface area (Å²) in [5.74, 6) is 0. The summed E-state index contributed by atoms with van der Waals surface area (Å²) in [5, 5.41) is 25.2. The molecule has 2 aromatic carbocycles. The summed E-state index contributed by atoms with van der Waals surface area (Å²) < 4.78 is 5.64. The minimum absolute atomic E-state index is 0.113. The smallest absolute Gasteiger partial charge is 0.324 e. The molecule has 23 heavy (non-hydrogen) atoms. The van der Waals surface area contributed by atoms with Crippen LogP contribution in [0.15, 0.2) is 35.0 Å². The number of rotatable bonds is 5. The fourth-order valence-electron chi connectivity index (χ4n) is 2.24. The average molecular weight is 425 g/mol. The summed E-state index contributed by atoms with van der Waals surface area (Å²) in [6.07, 6.45) is 0. The van der Waals surface area contributed by atoms with Crippen molar-refractivity contribution in [3.8, 4) is 0 Å². The predicted octanol–water partition coefficient (Wildman–Crippen LogP) is 3.91. The molecular weight excluding hydrogens is 413 g/mol. The summed E-state index contributed by atoms with van der Waals surface area (Å²) >= 11 is 2.16. The van der Waals surface area contributed by atoms with Gasteiger partial charge < -0.3 is 10.6 Å². The van der Waals surface area contributed by atoms with Gasteiger partial charge >= 0.3 is 5.69 Å². The minimum atomic E-state index is -0.486. The third kappa shape index (κ3) is 2.91. The van der Waals surface area contributed by atoms with E-state index in [4.69, 9.17) is 4.63 Å². The van der Waals surface area contributed by atoms with Crippen molar-refractivity contribution in [2.24, 2.45) is 0 Å². The first-order chi connectivity index (χ1) is 11.1. The van der Waals surface area contributed by atoms with Crippen LogP contribution >= 0.6 is 22.6 Å². The maximum absolute atomic E-state index is 11.5. The van der Waals surface area contributed by atoms with E-state index in [9.17, 15) is 10.1 Å². The number of benzene rings is 2. The van der Waals surface area contributed by atoms with Crippen molar-refractivity contribution in [3.63, 3.8) is 0 Å². The highest BCUT2D eigenvalue weighted by Crippen LogP contribution is 2.38. The van der Waals surface area contributed by atoms with Gasteiger partial charge in [0.2, 0.25) is 5.52 Å². The molecule has 0 aliphatic rings. The van der Waals surface area contributed by atoms with Gasteiger partial charge in [-0.15, -0.1) is 0 Å². The standard InChI is InChI=1S/C14H12IN5O3/c1-2-16-10-7-11(17-9-6-4-3-5-8(9)15)14(20(21)22)13-12(10)18-23-19-13/h3-7,16-17H,2H2,1H3. The number of hydrogen-bond donors (Lipinski definition) is 2. The zero-order valence-electron chi connectivity index (χ0n) is 12.0. The number of nitro groups is 1. The third-order valence-electron chi connectivity index (χ3n) is 3.20. The Morgan fingerprint density at radius 3 is 2.65 bits per heavy atom. The van der Waals surface area contributed by atoms with Crippen LogP contribution in [0.3, 0.4) is 0 Å². The van der Waals surface area contributed by atoms with E-state index in [1.54, 1.807) is 6.07 Å². The molecule has 0 spiro atoms. The van der Waals surface area contributed by atoms with Gasteiger partial charge in [-0.05, 0) is 58.0 Å². The van der Waals surface area contributed by atoms with E-state index in [2.05, 4.69) is 43.5 Å². The second kappa shape index (κ2) is 6.36. The monoisotopic (exact) mass is 425 g/mol. The summed E-state index contributed by atoms with van der Waals surface area (Å²) in [6.45, 7) is 2.57. The summed E-state index contributed by atoms with van der Waals surface area (Å²) in [7, 11) is 0. The van der Waals surface area contributed by atoms with Crippen molar-refractivity contribution in [3.05, 3.63) is 44.0 Å². The lowest BCUT2D eigenvalue weighted by molar-refractivity contribution is -0.382. The maximum Gasteiger partial charge on any atom is 0.324 e. The van der Waals surface area contributed by atoms with E-state index >= 15 is 0 Å². The first kappa shape index (κ1) is 15.5. The Bertz CT molecular complexity index is 880. The maximum atomic E-state index is 11.5. The SMILES string of the molecule is CCNc1cc(Nc2ccccc2I)c([N+](=O)[O-])c2nonc12. The van der Waals surface area contributed by atoms with Crippen LogP contribution in [-0.2, 0) is 0 Å². The van der Waals surface area contributed by atoms with Crippen molar-refractivity contribution in [1.29, 1.82) is 0 Å². The zero-order valence-corrected chi connectivity index (χ0v) is 14.2. The molecular formula is C14H12IN5O3. The van der Waals surface area contributed by atoms with Gasteiger partial charge in [0.15, 0.2) is 5.52 Å². The van der Waals surface area contributed by atoms with Crippen molar-refractivity contribution in [1.82, 2.24) is 10.3 Å². The summed E-state index contributed by atoms with van der Waals surface area (Å²) in [4.78, 5) is 11.0. The Hall–Kier alpha value is -2.43. The molecule has 8 nitrogen and oxygen atoms in total. The van der Waals surface area contributed by atoms with Gasteiger partial charge in [0.05, 0.1) is 16.3 Å². The fourth-order valence-corrected chi connectivity index (χ4v) is 2.76. The molecule has 0 saturated heterocycles. The molecule has 0 saturated carbocycles. The highest BCUT2D eigenvalue weighted by Gasteiger charge is 2.26. The number of para-hydroxylation sites is 1. The number of nitro benzene ring substituents is 1. The van der Waals surface area contributed by atoms with E-state index in [0.29, 0.717) is 23.4 Å². The Morgan fingerprint density at radius 1 is 1.22 bits per heavy atom. The molecule has 0 aliphatic heterocycles. The minimum Gasteiger partial charge on any atom is -0.383 e. The molecule has 2 N–H and O–H groups in total. The van der Waals surface area contributed by atoms with Crippen molar-refractivity contribution >= 4 is 56.4 Å². The molecule has 1 heterocycles. The highest BCUT2D eigenvalue weighted by atomic mass is 127. The van der Waals surface area contributed by atoms with Gasteiger partial charge in [-0.3, -0.25) is 10.1 Å². The lowest BCUT2D eigenvalue weighted by Gasteiger charge is -2.11. The van der Waals surface area contributed by atoms with Crippen LogP contribution in [0, 0.1) is 13.7 Å². The van der Waals surface area contributed by atoms with Gasteiger partial charge in [-0.25, -0.2) is 4.63 Å². The van der Waals surface area contributed by atoms with E-state index in [-0.39, 0.29) is 11.2 Å². The quantitative estimate of drug-likeness (QED) is 0.363. The topological polar surface area (TPSA) is 106 Å². The van der Waals surface area contributed by atoms with Gasteiger partial charge in [0.25, 0.3) is 0 Å². The van der Waals surface area contributed by atoms with Crippen molar-refractivity contribution < 1.29 is 9.55 Å². The first-order valence-electron chi connectivity index (χ1n) is 6.81. The van der Waals surface area contributed by atoms with E-state index < -0.39 is 4.92 Å². The van der Waals surface area contributed by atoms with Gasteiger partial charge in [0, 0.05) is 10.1 Å².